The molecule has 49 heavy (non-hydrogen) atoms. The van der Waals surface area contributed by atoms with Crippen molar-refractivity contribution in [2.45, 2.75) is 46.9 Å². The average molecular weight is 757 g/mol. The fourth-order valence-electron chi connectivity index (χ4n) is 2.66. The molecular formula is C23H32N8O15S3. The number of aromatic amines is 5. The number of rotatable bonds is 0. The molecule has 6 heterocycles. The summed E-state index contributed by atoms with van der Waals surface area (Å²) in [6.45, 7) is 7.97. The lowest BCUT2D eigenvalue weighted by atomic mass is 10.3. The van der Waals surface area contributed by atoms with Gasteiger partial charge in [0.15, 0.2) is 28.6 Å². The fraction of sp³-hybridized carbons (Fsp3) is 0.348. The van der Waals surface area contributed by atoms with E-state index in [-0.39, 0.29) is 56.5 Å². The number of nitrogens with one attached hydrogen (secondary N) is 7. The minimum absolute atomic E-state index is 0.0139. The number of ether oxygens (including phenoxy) is 1. The summed E-state index contributed by atoms with van der Waals surface area (Å²) in [4.78, 5) is 82.9. The number of aromatic hydroxyl groups is 3. The van der Waals surface area contributed by atoms with E-state index in [9.17, 15) is 37.8 Å². The zero-order valence-corrected chi connectivity index (χ0v) is 28.6. The highest BCUT2D eigenvalue weighted by Crippen LogP contribution is 2.17. The van der Waals surface area contributed by atoms with Crippen LogP contribution >= 0.6 is 22.9 Å². The highest BCUT2D eigenvalue weighted by Gasteiger charge is 2.30. The van der Waals surface area contributed by atoms with Crippen molar-refractivity contribution in [3.8, 4) is 17.6 Å². The lowest BCUT2D eigenvalue weighted by Crippen LogP contribution is -2.27. The number of oxazole rings is 1. The molecule has 0 bridgehead atoms. The molecule has 0 aliphatic carbocycles. The van der Waals surface area contributed by atoms with Gasteiger partial charge in [0, 0.05) is 18.6 Å². The van der Waals surface area contributed by atoms with Crippen LogP contribution in [0.25, 0.3) is 0 Å². The van der Waals surface area contributed by atoms with Gasteiger partial charge in [-0.15, -0.1) is 0 Å². The van der Waals surface area contributed by atoms with Gasteiger partial charge in [-0.2, -0.15) is 0 Å². The smallest absolute Gasteiger partial charge is 0.419 e. The number of imidazole rings is 1. The quantitative estimate of drug-likeness (QED) is 0.0943. The molecule has 272 valence electrons. The molecule has 23 nitrogen and oxygen atoms in total. The van der Waals surface area contributed by atoms with E-state index in [1.54, 1.807) is 20.8 Å². The number of H-pyrrole nitrogens is 5. The van der Waals surface area contributed by atoms with Gasteiger partial charge in [-0.3, -0.25) is 34.3 Å². The summed E-state index contributed by atoms with van der Waals surface area (Å²) in [5.74, 6) is -2.64. The van der Waals surface area contributed by atoms with Crippen LogP contribution in [-0.4, -0.2) is 82.1 Å². The third-order valence-corrected chi connectivity index (χ3v) is 7.61. The summed E-state index contributed by atoms with van der Waals surface area (Å²) < 4.78 is 22.8. The highest BCUT2D eigenvalue weighted by atomic mass is 32.2. The van der Waals surface area contributed by atoms with E-state index in [2.05, 4.69) is 39.1 Å². The topological polar surface area (TPSA) is 368 Å². The maximum atomic E-state index is 10.4. The first kappa shape index (κ1) is 41.4. The van der Waals surface area contributed by atoms with Gasteiger partial charge in [0.2, 0.25) is 23.4 Å². The predicted octanol–water partition coefficient (Wildman–Crippen LogP) is -1.15. The number of amides is 1. The van der Waals surface area contributed by atoms with E-state index < -0.39 is 39.8 Å². The Labute approximate surface area is 282 Å². The van der Waals surface area contributed by atoms with Crippen molar-refractivity contribution in [3.05, 3.63) is 78.7 Å². The standard InChI is InChI=1S/C5H6O4.C4H6N2O2.C4H5NO3.C4H5NO2S.C3H4N2O2S.C3H6N2O2S/c1-2-3(6)4(7)5(8)9-2;1-2-3(7)6-4(8)5-2;2*1-2-3(6)5-4(7)8-2;1-5-2(6)4-3(7)8-5;1-2-4-3(6)8(7)5-2/h2,6-7H,1H3;7H,1H3,(H2,5,6,8);2*6H,1H3,(H,5,7);1H3,(H,4,6,7);2,5H,1H3,(H,4,6). The zero-order valence-electron chi connectivity index (χ0n) is 26.1. The number of carbonyl (C=O) groups excluding carboxylic acids is 2. The molecule has 0 saturated carbocycles. The lowest BCUT2D eigenvalue weighted by Gasteiger charge is -1.98. The van der Waals surface area contributed by atoms with Crippen LogP contribution in [0.2, 0.25) is 0 Å². The van der Waals surface area contributed by atoms with Gasteiger partial charge in [0.1, 0.15) is 0 Å². The van der Waals surface area contributed by atoms with Gasteiger partial charge in [-0.05, 0) is 34.6 Å². The monoisotopic (exact) mass is 756 g/mol. The first-order valence-corrected chi connectivity index (χ1v) is 15.7. The summed E-state index contributed by atoms with van der Waals surface area (Å²) in [5.41, 5.74) is -0.255. The van der Waals surface area contributed by atoms with Crippen LogP contribution in [0.1, 0.15) is 30.2 Å². The number of hydrogen-bond acceptors (Lipinski definition) is 17. The van der Waals surface area contributed by atoms with Crippen molar-refractivity contribution in [1.82, 2.24) is 38.9 Å². The zero-order chi connectivity index (χ0) is 37.7. The van der Waals surface area contributed by atoms with E-state index in [4.69, 9.17) is 25.5 Å². The van der Waals surface area contributed by atoms with Crippen molar-refractivity contribution in [1.29, 1.82) is 0 Å². The number of nitrogens with zero attached hydrogens (tertiary/aromatic N) is 1. The Bertz CT molecular complexity index is 1860. The van der Waals surface area contributed by atoms with Gasteiger partial charge in [-0.25, -0.2) is 32.1 Å². The first-order chi connectivity index (χ1) is 22.6. The molecular weight excluding hydrogens is 724 g/mol. The molecule has 3 atom stereocenters. The number of aliphatic hydroxyl groups excluding tert-OH is 2. The van der Waals surface area contributed by atoms with Crippen LogP contribution in [0.3, 0.4) is 0 Å². The summed E-state index contributed by atoms with van der Waals surface area (Å²) in [7, 11) is 0.0350. The van der Waals surface area contributed by atoms with Crippen molar-refractivity contribution >= 4 is 45.1 Å². The van der Waals surface area contributed by atoms with Gasteiger partial charge in [-0.1, -0.05) is 11.3 Å². The Morgan fingerprint density at radius 2 is 1.41 bits per heavy atom. The van der Waals surface area contributed by atoms with Crippen molar-refractivity contribution < 1.29 is 48.5 Å². The van der Waals surface area contributed by atoms with Crippen molar-refractivity contribution in [2.24, 2.45) is 7.05 Å². The van der Waals surface area contributed by atoms with E-state index >= 15 is 0 Å². The Hall–Kier alpha value is -5.60. The number of aryl methyl sites for hydroxylation is 4. The number of hydrogen-bond donors (Lipinski definition) is 12. The molecule has 26 heteroatoms. The molecule has 12 N–H and O–H groups in total. The van der Waals surface area contributed by atoms with E-state index in [0.29, 0.717) is 10.6 Å². The van der Waals surface area contributed by atoms with Crippen LogP contribution in [0.5, 0.6) is 17.6 Å². The number of aromatic nitrogens is 6. The molecule has 1 fully saturated rings. The second kappa shape index (κ2) is 18.7. The molecule has 6 rings (SSSR count). The molecule has 1 amide bonds. The molecule has 2 aliphatic rings. The highest BCUT2D eigenvalue weighted by molar-refractivity contribution is 7.98. The van der Waals surface area contributed by atoms with Crippen LogP contribution in [0.4, 0.5) is 4.79 Å². The minimum atomic E-state index is -1.50. The third-order valence-electron chi connectivity index (χ3n) is 5.09. The Kier molecular flexibility index (Phi) is 15.8. The fourth-order valence-corrected chi connectivity index (χ4v) is 4.51. The maximum Gasteiger partial charge on any atom is 0.419 e. The first-order valence-electron chi connectivity index (χ1n) is 13.0. The minimum Gasteiger partial charge on any atom is -0.505 e. The second-order valence-electron chi connectivity index (χ2n) is 9.02. The second-order valence-corrected chi connectivity index (χ2v) is 12.5. The average Bonchev–Trinajstić information content (AvgIpc) is 3.77. The van der Waals surface area contributed by atoms with Crippen molar-refractivity contribution in [2.75, 3.05) is 0 Å². The number of thiazole rings is 1. The van der Waals surface area contributed by atoms with Crippen LogP contribution in [0.15, 0.2) is 39.9 Å². The normalized spacial score (nSPS) is 17.3. The summed E-state index contributed by atoms with van der Waals surface area (Å²) in [6.07, 6.45) is -0.846. The van der Waals surface area contributed by atoms with Gasteiger partial charge in [0.05, 0.1) is 16.7 Å². The van der Waals surface area contributed by atoms with Gasteiger partial charge >= 0.3 is 38.1 Å². The van der Waals surface area contributed by atoms with E-state index in [1.165, 1.54) is 24.9 Å². The van der Waals surface area contributed by atoms with E-state index in [0.717, 1.165) is 22.9 Å². The van der Waals surface area contributed by atoms with Crippen molar-refractivity contribution in [3.63, 3.8) is 0 Å². The van der Waals surface area contributed by atoms with Crippen LogP contribution in [-0.2, 0) is 27.6 Å². The third kappa shape index (κ3) is 14.0. The Morgan fingerprint density at radius 3 is 1.53 bits per heavy atom. The molecule has 3 unspecified atom stereocenters. The lowest BCUT2D eigenvalue weighted by molar-refractivity contribution is -0.141. The maximum absolute atomic E-state index is 10.4. The molecule has 4 aromatic heterocycles. The largest absolute Gasteiger partial charge is 0.505 e. The van der Waals surface area contributed by atoms with Gasteiger partial charge in [0.25, 0.3) is 0 Å². The molecule has 0 aromatic carbocycles. The summed E-state index contributed by atoms with van der Waals surface area (Å²) in [5, 5.41) is 45.2. The van der Waals surface area contributed by atoms with E-state index in [1.807, 2.05) is 4.98 Å². The number of cyclic esters (lactones) is 1. The number of esters is 1. The SMILES string of the molecule is CC1NC(=O)S(=O)N1.CC1OC(=O)C(O)=C1O.Cc1[nH]c(=O)[nH]c1O.Cc1oc(=O)[nH]c1O.Cc1sc(=O)[nH]c1O.Cn1sc(=O)[nH]c1=O. The summed E-state index contributed by atoms with van der Waals surface area (Å²) >= 11 is 1.87. The molecule has 2 aliphatic heterocycles. The summed E-state index contributed by atoms with van der Waals surface area (Å²) in [6, 6.07) is 0. The predicted molar refractivity (Wildman–Crippen MR) is 172 cm³/mol. The number of aliphatic hydroxyl groups is 2. The van der Waals surface area contributed by atoms with Crippen LogP contribution in [0, 0.1) is 20.8 Å². The van der Waals surface area contributed by atoms with Gasteiger partial charge < -0.3 is 45.0 Å². The number of carbonyl (C=O) groups is 2. The molecule has 0 spiro atoms. The molecule has 0 radical (unpaired) electrons. The Balaban J connectivity index is 0.000000294. The molecule has 4 aromatic rings. The molecule has 1 saturated heterocycles. The Morgan fingerprint density at radius 1 is 0.796 bits per heavy atom. The van der Waals surface area contributed by atoms with Crippen LogP contribution < -0.4 is 36.9 Å².